The van der Waals surface area contributed by atoms with Gasteiger partial charge in [-0.05, 0) is 80.7 Å². The van der Waals surface area contributed by atoms with Crippen molar-refractivity contribution in [3.05, 3.63) is 182 Å². The summed E-state index contributed by atoms with van der Waals surface area (Å²) in [6, 6.07) is 52.9. The second kappa shape index (κ2) is 11.0. The van der Waals surface area contributed by atoms with E-state index in [9.17, 15) is 0 Å². The third-order valence-electron chi connectivity index (χ3n) is 9.55. The molecule has 0 atom stereocenters. The number of nitrogens with zero attached hydrogens (tertiary/aromatic N) is 2. The molecule has 2 nitrogen and oxygen atoms in total. The molecule has 9 rings (SSSR count). The van der Waals surface area contributed by atoms with Crippen LogP contribution in [0.25, 0.3) is 65.7 Å². The third-order valence-corrected chi connectivity index (χ3v) is 9.55. The molecule has 1 aliphatic heterocycles. The number of rotatable bonds is 3. The number of hydrogen-bond acceptors (Lipinski definition) is 1. The first-order valence-corrected chi connectivity index (χ1v) is 16.2. The summed E-state index contributed by atoms with van der Waals surface area (Å²) in [5.74, 6) is 0. The zero-order chi connectivity index (χ0) is 31.3. The molecule has 47 heavy (non-hydrogen) atoms. The van der Waals surface area contributed by atoms with Gasteiger partial charge >= 0.3 is 0 Å². The van der Waals surface area contributed by atoms with Gasteiger partial charge in [0.1, 0.15) is 0 Å². The molecule has 0 spiro atoms. The van der Waals surface area contributed by atoms with Gasteiger partial charge in [0.05, 0.1) is 11.0 Å². The second-order valence-electron chi connectivity index (χ2n) is 12.2. The summed E-state index contributed by atoms with van der Waals surface area (Å²) < 4.78 is 2.39. The van der Waals surface area contributed by atoms with Crippen molar-refractivity contribution in [1.82, 2.24) is 4.57 Å². The van der Waals surface area contributed by atoms with E-state index in [4.69, 9.17) is 0 Å². The average Bonchev–Trinajstić information content (AvgIpc) is 3.51. The van der Waals surface area contributed by atoms with Crippen LogP contribution in [0.3, 0.4) is 0 Å². The van der Waals surface area contributed by atoms with Gasteiger partial charge in [0.15, 0.2) is 0 Å². The Balaban J connectivity index is 1.09. The Bertz CT molecular complexity index is 2540. The number of fused-ring (bicyclic) bond motifs is 8. The monoisotopic (exact) mass is 600 g/mol. The van der Waals surface area contributed by atoms with Crippen molar-refractivity contribution in [2.24, 2.45) is 0 Å². The van der Waals surface area contributed by atoms with E-state index in [0.717, 1.165) is 23.5 Å². The summed E-state index contributed by atoms with van der Waals surface area (Å²) in [6.07, 6.45) is 8.52. The molecule has 0 aliphatic carbocycles. The minimum atomic E-state index is 0.769. The molecule has 0 N–H and O–H groups in total. The Morgan fingerprint density at radius 3 is 1.87 bits per heavy atom. The van der Waals surface area contributed by atoms with E-state index in [0.29, 0.717) is 0 Å². The fraction of sp³-hybridized carbons (Fsp3) is 0.0222. The fourth-order valence-electron chi connectivity index (χ4n) is 7.32. The number of benzene rings is 7. The Morgan fingerprint density at radius 1 is 0.489 bits per heavy atom. The number of para-hydroxylation sites is 1. The van der Waals surface area contributed by atoms with Gasteiger partial charge in [-0.25, -0.2) is 0 Å². The Morgan fingerprint density at radius 2 is 1.11 bits per heavy atom. The molecular formula is C45H32N2. The van der Waals surface area contributed by atoms with Crippen LogP contribution in [0, 0.1) is 0 Å². The van der Waals surface area contributed by atoms with Crippen LogP contribution in [0.2, 0.25) is 0 Å². The predicted molar refractivity (Wildman–Crippen MR) is 202 cm³/mol. The highest BCUT2D eigenvalue weighted by atomic mass is 15.1. The standard InChI is InChI=1S/C45H32N2/c1-31-11-3-2-10-30-46(42-28-22-34-12-4-6-14-38(34)44(31)42)36-24-18-32(19-25-36)33-20-26-37(27-21-33)47-41-17-9-8-16-40(41)45-39-15-7-5-13-35(39)23-29-43(45)47/h2-29H,1,30H2/b10-2-,11-3-. The predicted octanol–water partition coefficient (Wildman–Crippen LogP) is 12.0. The molecule has 8 aromatic rings. The van der Waals surface area contributed by atoms with Crippen LogP contribution in [-0.4, -0.2) is 11.1 Å². The molecule has 1 aliphatic rings. The van der Waals surface area contributed by atoms with E-state index in [-0.39, 0.29) is 0 Å². The van der Waals surface area contributed by atoms with Crippen LogP contribution in [0.5, 0.6) is 0 Å². The molecule has 222 valence electrons. The van der Waals surface area contributed by atoms with Gasteiger partial charge in [-0.3, -0.25) is 0 Å². The summed E-state index contributed by atoms with van der Waals surface area (Å²) >= 11 is 0. The fourth-order valence-corrected chi connectivity index (χ4v) is 7.32. The SMILES string of the molecule is C=C1/C=C\C=C/CN(c2ccc(-c3ccc(-n4c5ccccc5c5c6ccccc6ccc54)cc3)cc2)c2ccc3ccccc3c21. The minimum absolute atomic E-state index is 0.769. The first-order valence-electron chi connectivity index (χ1n) is 16.2. The summed E-state index contributed by atoms with van der Waals surface area (Å²) in [5.41, 5.74) is 10.5. The average molecular weight is 601 g/mol. The van der Waals surface area contributed by atoms with Crippen LogP contribution in [0.1, 0.15) is 5.56 Å². The summed E-state index contributed by atoms with van der Waals surface area (Å²) in [4.78, 5) is 2.38. The van der Waals surface area contributed by atoms with Gasteiger partial charge in [-0.1, -0.05) is 134 Å². The van der Waals surface area contributed by atoms with Crippen LogP contribution in [-0.2, 0) is 0 Å². The lowest BCUT2D eigenvalue weighted by Crippen LogP contribution is -2.18. The van der Waals surface area contributed by atoms with E-state index >= 15 is 0 Å². The molecule has 7 aromatic carbocycles. The zero-order valence-electron chi connectivity index (χ0n) is 26.0. The van der Waals surface area contributed by atoms with Crippen molar-refractivity contribution in [3.63, 3.8) is 0 Å². The quantitative estimate of drug-likeness (QED) is 0.196. The molecule has 0 fully saturated rings. The second-order valence-corrected chi connectivity index (χ2v) is 12.2. The normalized spacial score (nSPS) is 14.6. The van der Waals surface area contributed by atoms with Crippen molar-refractivity contribution in [2.45, 2.75) is 0 Å². The van der Waals surface area contributed by atoms with Gasteiger partial charge in [0, 0.05) is 39.9 Å². The lowest BCUT2D eigenvalue weighted by Gasteiger charge is -2.27. The molecule has 0 amide bonds. The van der Waals surface area contributed by atoms with Gasteiger partial charge < -0.3 is 9.47 Å². The lowest BCUT2D eigenvalue weighted by atomic mass is 9.96. The maximum Gasteiger partial charge on any atom is 0.0547 e. The molecule has 0 bridgehead atoms. The number of hydrogen-bond donors (Lipinski definition) is 0. The number of aromatic nitrogens is 1. The maximum absolute atomic E-state index is 4.45. The molecule has 1 aromatic heterocycles. The van der Waals surface area contributed by atoms with Crippen molar-refractivity contribution in [1.29, 1.82) is 0 Å². The van der Waals surface area contributed by atoms with E-state index < -0.39 is 0 Å². The highest BCUT2D eigenvalue weighted by Gasteiger charge is 2.18. The van der Waals surface area contributed by atoms with E-state index in [1.165, 1.54) is 65.7 Å². The van der Waals surface area contributed by atoms with Gasteiger partial charge in [0.2, 0.25) is 0 Å². The third kappa shape index (κ3) is 4.49. The van der Waals surface area contributed by atoms with E-state index in [2.05, 4.69) is 186 Å². The molecule has 2 heteroatoms. The molecule has 0 saturated heterocycles. The van der Waals surface area contributed by atoms with Crippen molar-refractivity contribution in [2.75, 3.05) is 11.4 Å². The van der Waals surface area contributed by atoms with Crippen molar-refractivity contribution < 1.29 is 0 Å². The largest absolute Gasteiger partial charge is 0.337 e. The van der Waals surface area contributed by atoms with Crippen LogP contribution < -0.4 is 4.90 Å². The molecule has 0 saturated carbocycles. The molecule has 0 unspecified atom stereocenters. The summed E-state index contributed by atoms with van der Waals surface area (Å²) in [7, 11) is 0. The lowest BCUT2D eigenvalue weighted by molar-refractivity contribution is 1.10. The van der Waals surface area contributed by atoms with Crippen LogP contribution in [0.4, 0.5) is 11.4 Å². The number of anilines is 2. The molecular weight excluding hydrogens is 569 g/mol. The van der Waals surface area contributed by atoms with E-state index in [1.54, 1.807) is 0 Å². The first kappa shape index (κ1) is 27.2. The van der Waals surface area contributed by atoms with Gasteiger partial charge in [-0.2, -0.15) is 0 Å². The number of allylic oxidation sites excluding steroid dienone is 4. The molecule has 2 heterocycles. The van der Waals surface area contributed by atoms with Crippen molar-refractivity contribution >= 4 is 60.3 Å². The minimum Gasteiger partial charge on any atom is -0.337 e. The van der Waals surface area contributed by atoms with Crippen molar-refractivity contribution in [3.8, 4) is 16.8 Å². The van der Waals surface area contributed by atoms with Crippen LogP contribution >= 0.6 is 0 Å². The first-order chi connectivity index (χ1) is 23.2. The van der Waals surface area contributed by atoms with E-state index in [1.807, 2.05) is 0 Å². The Hall–Kier alpha value is -6.12. The topological polar surface area (TPSA) is 8.17 Å². The zero-order valence-corrected chi connectivity index (χ0v) is 26.0. The maximum atomic E-state index is 4.45. The Labute approximate surface area is 274 Å². The summed E-state index contributed by atoms with van der Waals surface area (Å²) in [5, 5.41) is 7.59. The highest BCUT2D eigenvalue weighted by Crippen LogP contribution is 2.40. The highest BCUT2D eigenvalue weighted by molar-refractivity contribution is 6.21. The molecule has 0 radical (unpaired) electrons. The van der Waals surface area contributed by atoms with Gasteiger partial charge in [-0.15, -0.1) is 0 Å². The van der Waals surface area contributed by atoms with Crippen LogP contribution in [0.15, 0.2) is 176 Å². The smallest absolute Gasteiger partial charge is 0.0547 e. The van der Waals surface area contributed by atoms with Gasteiger partial charge in [0.25, 0.3) is 0 Å². The summed E-state index contributed by atoms with van der Waals surface area (Å²) in [6.45, 7) is 5.22. The Kier molecular flexibility index (Phi) is 6.39.